The van der Waals surface area contributed by atoms with Crippen molar-refractivity contribution >= 4 is 0 Å². The highest BCUT2D eigenvalue weighted by molar-refractivity contribution is 5.86. The number of nitrogens with zero attached hydrogens (tertiary/aromatic N) is 2. The zero-order valence-corrected chi connectivity index (χ0v) is 24.5. The predicted molar refractivity (Wildman–Crippen MR) is 171 cm³/mol. The third kappa shape index (κ3) is 4.75. The Morgan fingerprint density at radius 1 is 0.558 bits per heavy atom. The molecule has 2 aromatic heterocycles. The van der Waals surface area contributed by atoms with E-state index in [0.717, 1.165) is 22.6 Å². The Hall–Kier alpha value is -5.22. The first kappa shape index (κ1) is 26.7. The van der Waals surface area contributed by atoms with Gasteiger partial charge in [-0.3, -0.25) is 0 Å². The van der Waals surface area contributed by atoms with Crippen LogP contribution in [0.25, 0.3) is 11.1 Å². The molecule has 6 aromatic rings. The summed E-state index contributed by atoms with van der Waals surface area (Å²) in [7, 11) is 0. The van der Waals surface area contributed by atoms with Gasteiger partial charge in [0.25, 0.3) is 0 Å². The van der Waals surface area contributed by atoms with Gasteiger partial charge < -0.3 is 9.47 Å². The molecule has 0 amide bonds. The van der Waals surface area contributed by atoms with E-state index in [4.69, 9.17) is 14.5 Å². The number of ether oxygens (including phenoxy) is 2. The fraction of sp³-hybridized carbons (Fsp3) is 0.128. The van der Waals surface area contributed by atoms with Crippen LogP contribution in [0.1, 0.15) is 48.7 Å². The molecule has 7 rings (SSSR count). The van der Waals surface area contributed by atoms with E-state index >= 15 is 0 Å². The highest BCUT2D eigenvalue weighted by Gasteiger charge is 2.48. The first-order valence-corrected chi connectivity index (χ1v) is 14.6. The smallest absolute Gasteiger partial charge is 0.219 e. The second-order valence-corrected chi connectivity index (χ2v) is 11.9. The molecule has 1 aliphatic rings. The number of aromatic nitrogens is 2. The van der Waals surface area contributed by atoms with E-state index in [-0.39, 0.29) is 5.41 Å². The number of benzene rings is 4. The topological polar surface area (TPSA) is 44.2 Å². The summed E-state index contributed by atoms with van der Waals surface area (Å²) in [5.41, 5.74) is 6.99. The molecule has 0 N–H and O–H groups in total. The number of pyridine rings is 2. The summed E-state index contributed by atoms with van der Waals surface area (Å²) < 4.78 is 12.7. The van der Waals surface area contributed by atoms with Crippen molar-refractivity contribution in [3.63, 3.8) is 0 Å². The predicted octanol–water partition coefficient (Wildman–Crippen LogP) is 9.72. The lowest BCUT2D eigenvalue weighted by atomic mass is 9.69. The van der Waals surface area contributed by atoms with Crippen molar-refractivity contribution in [1.29, 1.82) is 0 Å². The first-order chi connectivity index (χ1) is 20.9. The summed E-state index contributed by atoms with van der Waals surface area (Å²) in [4.78, 5) is 9.70. The molecular weight excluding hydrogens is 528 g/mol. The van der Waals surface area contributed by atoms with E-state index in [1.165, 1.54) is 22.3 Å². The zero-order valence-electron chi connectivity index (χ0n) is 24.5. The summed E-state index contributed by atoms with van der Waals surface area (Å²) >= 11 is 0. The van der Waals surface area contributed by atoms with Gasteiger partial charge in [-0.25, -0.2) is 9.97 Å². The fourth-order valence-electron chi connectivity index (χ4n) is 6.08. The molecule has 0 spiro atoms. The minimum absolute atomic E-state index is 0.144. The highest BCUT2D eigenvalue weighted by atomic mass is 16.5. The summed E-state index contributed by atoms with van der Waals surface area (Å²) in [5, 5.41) is 0. The minimum atomic E-state index is -0.716. The van der Waals surface area contributed by atoms with Gasteiger partial charge in [0, 0.05) is 18.3 Å². The van der Waals surface area contributed by atoms with Crippen LogP contribution in [-0.4, -0.2) is 9.97 Å². The minimum Gasteiger partial charge on any atom is -0.439 e. The van der Waals surface area contributed by atoms with Gasteiger partial charge in [0.15, 0.2) is 0 Å². The maximum atomic E-state index is 6.43. The molecule has 1 aliphatic carbocycles. The van der Waals surface area contributed by atoms with Gasteiger partial charge in [-0.1, -0.05) is 106 Å². The van der Waals surface area contributed by atoms with Crippen LogP contribution >= 0.6 is 0 Å². The van der Waals surface area contributed by atoms with Crippen molar-refractivity contribution in [2.45, 2.75) is 31.6 Å². The molecule has 0 saturated carbocycles. The molecule has 43 heavy (non-hydrogen) atoms. The lowest BCUT2D eigenvalue weighted by molar-refractivity contribution is 0.452. The van der Waals surface area contributed by atoms with Gasteiger partial charge in [-0.2, -0.15) is 0 Å². The van der Waals surface area contributed by atoms with Crippen LogP contribution in [-0.2, 0) is 10.8 Å². The van der Waals surface area contributed by atoms with Crippen LogP contribution in [0.4, 0.5) is 0 Å². The van der Waals surface area contributed by atoms with Gasteiger partial charge in [-0.05, 0) is 75.2 Å². The van der Waals surface area contributed by atoms with Crippen molar-refractivity contribution in [3.8, 4) is 34.4 Å². The largest absolute Gasteiger partial charge is 0.439 e. The number of rotatable bonds is 6. The summed E-state index contributed by atoms with van der Waals surface area (Å²) in [5.74, 6) is 2.58. The normalized spacial score (nSPS) is 13.2. The standard InChI is InChI=1S/C39H32N2O2/c1-38(2,3)28-25-35(41-37(26-28)42-29-15-5-4-6-16-29)39(27-14-13-17-30(24-27)43-36-22-11-12-23-40-36)33-20-9-7-18-31(33)32-19-8-10-21-34(32)39/h4-26H,1-3H3. The molecule has 0 aliphatic heterocycles. The molecule has 0 saturated heterocycles. The summed E-state index contributed by atoms with van der Waals surface area (Å²) in [6.45, 7) is 6.68. The third-order valence-corrected chi connectivity index (χ3v) is 8.10. The SMILES string of the molecule is CC(C)(C)c1cc(Oc2ccccc2)nc(C2(c3cccc(Oc4ccccn4)c3)c3ccccc3-c3ccccc32)c1. The molecule has 210 valence electrons. The summed E-state index contributed by atoms with van der Waals surface area (Å²) in [6.07, 6.45) is 1.74. The van der Waals surface area contributed by atoms with Crippen molar-refractivity contribution in [2.24, 2.45) is 0 Å². The van der Waals surface area contributed by atoms with Gasteiger partial charge >= 0.3 is 0 Å². The number of fused-ring (bicyclic) bond motifs is 3. The molecule has 4 heteroatoms. The second-order valence-electron chi connectivity index (χ2n) is 11.9. The van der Waals surface area contributed by atoms with E-state index < -0.39 is 5.41 Å². The molecule has 0 atom stereocenters. The van der Waals surface area contributed by atoms with Crippen molar-refractivity contribution in [2.75, 3.05) is 0 Å². The Kier molecular flexibility index (Phi) is 6.55. The Bertz CT molecular complexity index is 1860. The second kappa shape index (κ2) is 10.6. The highest BCUT2D eigenvalue weighted by Crippen LogP contribution is 2.56. The monoisotopic (exact) mass is 560 g/mol. The molecule has 0 fully saturated rings. The zero-order chi connectivity index (χ0) is 29.4. The molecular formula is C39H32N2O2. The number of para-hydroxylation sites is 1. The van der Waals surface area contributed by atoms with Crippen LogP contribution in [0.2, 0.25) is 0 Å². The summed E-state index contributed by atoms with van der Waals surface area (Å²) in [6, 6.07) is 45.5. The molecule has 2 heterocycles. The Morgan fingerprint density at radius 3 is 1.86 bits per heavy atom. The van der Waals surface area contributed by atoms with E-state index in [2.05, 4.69) is 98.6 Å². The van der Waals surface area contributed by atoms with Crippen LogP contribution in [0.5, 0.6) is 23.3 Å². The Morgan fingerprint density at radius 2 is 1.19 bits per heavy atom. The van der Waals surface area contributed by atoms with Crippen LogP contribution in [0, 0.1) is 0 Å². The average Bonchev–Trinajstić information content (AvgIpc) is 3.33. The van der Waals surface area contributed by atoms with Crippen LogP contribution < -0.4 is 9.47 Å². The third-order valence-electron chi connectivity index (χ3n) is 8.10. The molecule has 0 unspecified atom stereocenters. The maximum Gasteiger partial charge on any atom is 0.219 e. The number of hydrogen-bond acceptors (Lipinski definition) is 4. The van der Waals surface area contributed by atoms with E-state index in [1.807, 2.05) is 60.7 Å². The van der Waals surface area contributed by atoms with Crippen LogP contribution in [0.15, 0.2) is 140 Å². The fourth-order valence-corrected chi connectivity index (χ4v) is 6.08. The van der Waals surface area contributed by atoms with Gasteiger partial charge in [0.2, 0.25) is 11.8 Å². The maximum absolute atomic E-state index is 6.43. The first-order valence-electron chi connectivity index (χ1n) is 14.6. The van der Waals surface area contributed by atoms with Gasteiger partial charge in [0.05, 0.1) is 11.1 Å². The molecule has 4 aromatic carbocycles. The Labute approximate surface area is 252 Å². The van der Waals surface area contributed by atoms with Gasteiger partial charge in [-0.15, -0.1) is 0 Å². The van der Waals surface area contributed by atoms with Crippen molar-refractivity contribution in [3.05, 3.63) is 168 Å². The average molecular weight is 561 g/mol. The van der Waals surface area contributed by atoms with E-state index in [9.17, 15) is 0 Å². The lowest BCUT2D eigenvalue weighted by Crippen LogP contribution is -2.30. The van der Waals surface area contributed by atoms with Crippen molar-refractivity contribution < 1.29 is 9.47 Å². The Balaban J connectivity index is 1.51. The molecule has 4 nitrogen and oxygen atoms in total. The lowest BCUT2D eigenvalue weighted by Gasteiger charge is -2.34. The van der Waals surface area contributed by atoms with Gasteiger partial charge in [0.1, 0.15) is 11.5 Å². The van der Waals surface area contributed by atoms with E-state index in [1.54, 1.807) is 6.20 Å². The van der Waals surface area contributed by atoms with Crippen molar-refractivity contribution in [1.82, 2.24) is 9.97 Å². The van der Waals surface area contributed by atoms with Crippen LogP contribution in [0.3, 0.4) is 0 Å². The van der Waals surface area contributed by atoms with E-state index in [0.29, 0.717) is 17.5 Å². The molecule has 0 radical (unpaired) electrons. The number of hydrogen-bond donors (Lipinski definition) is 0. The molecule has 0 bridgehead atoms. The quantitative estimate of drug-likeness (QED) is 0.203.